The molecule has 0 saturated heterocycles. The molecule has 62 valence electrons. The molecular weight excluding hydrogens is 196 g/mol. The Balaban J connectivity index is 3.12. The smallest absolute Gasteiger partial charge is 0.0595 e. The summed E-state index contributed by atoms with van der Waals surface area (Å²) in [6.45, 7) is 4.90. The lowest BCUT2D eigenvalue weighted by Gasteiger charge is -2.10. The zero-order valence-corrected chi connectivity index (χ0v) is 8.10. The van der Waals surface area contributed by atoms with E-state index in [4.69, 9.17) is 9.84 Å². The minimum atomic E-state index is 0.220. The topological polar surface area (TPSA) is 29.5 Å². The van der Waals surface area contributed by atoms with Crippen LogP contribution < -0.4 is 0 Å². The largest absolute Gasteiger partial charge is 0.396 e. The van der Waals surface area contributed by atoms with Crippen molar-refractivity contribution in [3.05, 3.63) is 0 Å². The third kappa shape index (κ3) is 6.52. The van der Waals surface area contributed by atoms with Crippen LogP contribution in [0.4, 0.5) is 0 Å². The van der Waals surface area contributed by atoms with E-state index in [1.807, 2.05) is 13.8 Å². The highest BCUT2D eigenvalue weighted by Gasteiger charge is 2.03. The number of aliphatic hydroxyl groups is 1. The second-order valence-corrected chi connectivity index (χ2v) is 3.79. The maximum atomic E-state index is 8.52. The summed E-state index contributed by atoms with van der Waals surface area (Å²) >= 11 is 3.38. The van der Waals surface area contributed by atoms with Crippen molar-refractivity contribution in [2.45, 2.75) is 31.2 Å². The number of ether oxygens (including phenoxy) is 1. The zero-order chi connectivity index (χ0) is 7.98. The van der Waals surface area contributed by atoms with Crippen LogP contribution in [0, 0.1) is 0 Å². The highest BCUT2D eigenvalue weighted by molar-refractivity contribution is 9.09. The van der Waals surface area contributed by atoms with Crippen molar-refractivity contribution < 1.29 is 9.84 Å². The SMILES string of the molecule is CC(C)OCC(Br)CCO. The summed E-state index contributed by atoms with van der Waals surface area (Å²) in [7, 11) is 0. The lowest BCUT2D eigenvalue weighted by molar-refractivity contribution is 0.0771. The quantitative estimate of drug-likeness (QED) is 0.699. The normalized spacial score (nSPS) is 14.1. The fourth-order valence-corrected chi connectivity index (χ4v) is 0.878. The van der Waals surface area contributed by atoms with E-state index in [1.54, 1.807) is 0 Å². The third-order valence-electron chi connectivity index (χ3n) is 1.05. The summed E-state index contributed by atoms with van der Waals surface area (Å²) in [4.78, 5) is 0.292. The van der Waals surface area contributed by atoms with E-state index in [-0.39, 0.29) is 12.7 Å². The van der Waals surface area contributed by atoms with Crippen LogP contribution >= 0.6 is 15.9 Å². The lowest BCUT2D eigenvalue weighted by atomic mass is 10.3. The van der Waals surface area contributed by atoms with Gasteiger partial charge in [-0.3, -0.25) is 0 Å². The summed E-state index contributed by atoms with van der Waals surface area (Å²) in [6, 6.07) is 0. The Morgan fingerprint density at radius 2 is 2.10 bits per heavy atom. The molecule has 0 rings (SSSR count). The van der Waals surface area contributed by atoms with Crippen molar-refractivity contribution in [1.29, 1.82) is 0 Å². The Morgan fingerprint density at radius 1 is 1.50 bits per heavy atom. The van der Waals surface area contributed by atoms with E-state index < -0.39 is 0 Å². The van der Waals surface area contributed by atoms with Gasteiger partial charge in [-0.25, -0.2) is 0 Å². The van der Waals surface area contributed by atoms with Gasteiger partial charge in [0, 0.05) is 11.4 Å². The summed E-state index contributed by atoms with van der Waals surface area (Å²) in [5.74, 6) is 0. The number of rotatable bonds is 5. The van der Waals surface area contributed by atoms with Gasteiger partial charge >= 0.3 is 0 Å². The molecule has 3 heteroatoms. The Hall–Kier alpha value is 0.400. The van der Waals surface area contributed by atoms with Crippen LogP contribution in [0.3, 0.4) is 0 Å². The van der Waals surface area contributed by atoms with Crippen LogP contribution in [-0.2, 0) is 4.74 Å². The number of alkyl halides is 1. The Bertz CT molecular complexity index is 76.0. The predicted molar refractivity (Wildman–Crippen MR) is 45.5 cm³/mol. The fraction of sp³-hybridized carbons (Fsp3) is 1.00. The Morgan fingerprint density at radius 3 is 2.50 bits per heavy atom. The summed E-state index contributed by atoms with van der Waals surface area (Å²) in [5, 5.41) is 8.52. The van der Waals surface area contributed by atoms with Gasteiger partial charge in [0.25, 0.3) is 0 Å². The van der Waals surface area contributed by atoms with Crippen LogP contribution in [-0.4, -0.2) is 29.3 Å². The second-order valence-electron chi connectivity index (χ2n) is 2.49. The molecule has 10 heavy (non-hydrogen) atoms. The van der Waals surface area contributed by atoms with Gasteiger partial charge in [-0.05, 0) is 20.3 Å². The first-order valence-electron chi connectivity index (χ1n) is 3.53. The molecule has 0 radical (unpaired) electrons. The number of aliphatic hydroxyl groups excluding tert-OH is 1. The van der Waals surface area contributed by atoms with Crippen LogP contribution in [0.1, 0.15) is 20.3 Å². The van der Waals surface area contributed by atoms with Crippen molar-refractivity contribution in [3.8, 4) is 0 Å². The molecule has 1 atom stereocenters. The molecule has 0 saturated carbocycles. The Kier molecular flexibility index (Phi) is 6.38. The fourth-order valence-electron chi connectivity index (χ4n) is 0.520. The molecule has 0 bridgehead atoms. The second kappa shape index (κ2) is 6.13. The number of hydrogen-bond acceptors (Lipinski definition) is 2. The molecule has 0 spiro atoms. The molecule has 0 aliphatic heterocycles. The molecule has 1 N–H and O–H groups in total. The summed E-state index contributed by atoms with van der Waals surface area (Å²) in [5.41, 5.74) is 0. The van der Waals surface area contributed by atoms with E-state index in [1.165, 1.54) is 0 Å². The summed E-state index contributed by atoms with van der Waals surface area (Å²) in [6.07, 6.45) is 1.03. The van der Waals surface area contributed by atoms with E-state index >= 15 is 0 Å². The maximum Gasteiger partial charge on any atom is 0.0595 e. The van der Waals surface area contributed by atoms with Crippen molar-refractivity contribution in [2.75, 3.05) is 13.2 Å². The van der Waals surface area contributed by atoms with Gasteiger partial charge in [0.05, 0.1) is 12.7 Å². The van der Waals surface area contributed by atoms with E-state index in [2.05, 4.69) is 15.9 Å². The van der Waals surface area contributed by atoms with Gasteiger partial charge in [-0.2, -0.15) is 0 Å². The standard InChI is InChI=1S/C7H15BrO2/c1-6(2)10-5-7(8)3-4-9/h6-7,9H,3-5H2,1-2H3. The molecule has 2 nitrogen and oxygen atoms in total. The van der Waals surface area contributed by atoms with E-state index in [0.29, 0.717) is 11.4 Å². The molecule has 0 aromatic carbocycles. The molecule has 0 amide bonds. The molecule has 0 aromatic heterocycles. The minimum Gasteiger partial charge on any atom is -0.396 e. The third-order valence-corrected chi connectivity index (χ3v) is 1.77. The highest BCUT2D eigenvalue weighted by Crippen LogP contribution is 2.05. The van der Waals surface area contributed by atoms with Gasteiger partial charge in [0.1, 0.15) is 0 Å². The van der Waals surface area contributed by atoms with E-state index in [9.17, 15) is 0 Å². The van der Waals surface area contributed by atoms with Gasteiger partial charge < -0.3 is 9.84 Å². The number of halogens is 1. The summed E-state index contributed by atoms with van der Waals surface area (Å²) < 4.78 is 5.30. The molecule has 0 aliphatic rings. The zero-order valence-electron chi connectivity index (χ0n) is 6.51. The van der Waals surface area contributed by atoms with Gasteiger partial charge in [-0.1, -0.05) is 15.9 Å². The predicted octanol–water partition coefficient (Wildman–Crippen LogP) is 1.56. The average Bonchev–Trinajstić information content (AvgIpc) is 1.85. The van der Waals surface area contributed by atoms with Crippen LogP contribution in [0.15, 0.2) is 0 Å². The van der Waals surface area contributed by atoms with Gasteiger partial charge in [0.15, 0.2) is 0 Å². The van der Waals surface area contributed by atoms with Gasteiger partial charge in [-0.15, -0.1) is 0 Å². The minimum absolute atomic E-state index is 0.220. The van der Waals surface area contributed by atoms with Crippen molar-refractivity contribution in [2.24, 2.45) is 0 Å². The van der Waals surface area contributed by atoms with Crippen LogP contribution in [0.25, 0.3) is 0 Å². The molecule has 1 unspecified atom stereocenters. The van der Waals surface area contributed by atoms with Crippen LogP contribution in [0.2, 0.25) is 0 Å². The van der Waals surface area contributed by atoms with Gasteiger partial charge in [0.2, 0.25) is 0 Å². The molecule has 0 fully saturated rings. The van der Waals surface area contributed by atoms with Crippen molar-refractivity contribution in [1.82, 2.24) is 0 Å². The molecule has 0 heterocycles. The lowest BCUT2D eigenvalue weighted by Crippen LogP contribution is -2.14. The molecule has 0 aliphatic carbocycles. The van der Waals surface area contributed by atoms with Crippen LogP contribution in [0.5, 0.6) is 0 Å². The number of hydrogen-bond donors (Lipinski definition) is 1. The van der Waals surface area contributed by atoms with E-state index in [0.717, 1.165) is 6.42 Å². The molecular formula is C7H15BrO2. The highest BCUT2D eigenvalue weighted by atomic mass is 79.9. The average molecular weight is 211 g/mol. The van der Waals surface area contributed by atoms with Crippen molar-refractivity contribution >= 4 is 15.9 Å². The Labute approximate surface area is 70.7 Å². The first-order chi connectivity index (χ1) is 4.66. The van der Waals surface area contributed by atoms with Crippen molar-refractivity contribution in [3.63, 3.8) is 0 Å². The first kappa shape index (κ1) is 10.4. The first-order valence-corrected chi connectivity index (χ1v) is 4.45. The monoisotopic (exact) mass is 210 g/mol. The molecule has 0 aromatic rings. The maximum absolute atomic E-state index is 8.52.